The first-order chi connectivity index (χ1) is 7.61. The quantitative estimate of drug-likeness (QED) is 0.788. The van der Waals surface area contributed by atoms with Crippen LogP contribution in [0.3, 0.4) is 0 Å². The van der Waals surface area contributed by atoms with Crippen molar-refractivity contribution in [2.24, 2.45) is 0 Å². The summed E-state index contributed by atoms with van der Waals surface area (Å²) in [6.45, 7) is 0. The summed E-state index contributed by atoms with van der Waals surface area (Å²) in [4.78, 5) is 8.37. The molecule has 0 bridgehead atoms. The van der Waals surface area contributed by atoms with E-state index in [0.29, 0.717) is 0 Å². The Labute approximate surface area is 96.8 Å². The largest absolute Gasteiger partial charge is 0.695 e. The van der Waals surface area contributed by atoms with Crippen LogP contribution in [0.15, 0.2) is 24.3 Å². The fourth-order valence-corrected chi connectivity index (χ4v) is 2.53. The second kappa shape index (κ2) is 6.70. The Kier molecular flexibility index (Phi) is 5.55. The van der Waals surface area contributed by atoms with Crippen molar-refractivity contribution in [1.29, 1.82) is 0 Å². The second-order valence-corrected chi connectivity index (χ2v) is 5.05. The predicted molar refractivity (Wildman–Crippen MR) is 60.6 cm³/mol. The van der Waals surface area contributed by atoms with Crippen molar-refractivity contribution in [3.8, 4) is 5.75 Å². The molecule has 1 N–H and O–H groups in total. The summed E-state index contributed by atoms with van der Waals surface area (Å²) >= 11 is 0. The highest BCUT2D eigenvalue weighted by Gasteiger charge is 2.14. The van der Waals surface area contributed by atoms with Crippen LogP contribution in [0.25, 0.3) is 0 Å². The number of hydrogen-bond donors (Lipinski definition) is 1. The first-order valence-electron chi connectivity index (χ1n) is 4.39. The van der Waals surface area contributed by atoms with E-state index in [-0.39, 0.29) is 11.7 Å². The maximum atomic E-state index is 11.4. The maximum absolute atomic E-state index is 11.4. The molecule has 0 aliphatic rings. The van der Waals surface area contributed by atoms with Gasteiger partial charge in [0.1, 0.15) is 5.75 Å². The SMILES string of the molecule is COc1ccc(CS(=O)CO[P+](=O)O)cc1. The topological polar surface area (TPSA) is 72.8 Å². The molecule has 1 aromatic rings. The van der Waals surface area contributed by atoms with Gasteiger partial charge in [-0.05, 0) is 17.7 Å². The normalized spacial score (nSPS) is 13.2. The number of methoxy groups -OCH3 is 1. The lowest BCUT2D eigenvalue weighted by atomic mass is 10.2. The van der Waals surface area contributed by atoms with Crippen molar-refractivity contribution < 1.29 is 22.9 Å². The van der Waals surface area contributed by atoms with Crippen molar-refractivity contribution >= 4 is 19.1 Å². The molecule has 5 nitrogen and oxygen atoms in total. The molecule has 2 atom stereocenters. The van der Waals surface area contributed by atoms with Crippen molar-refractivity contribution in [3.05, 3.63) is 29.8 Å². The smallest absolute Gasteiger partial charge is 0.497 e. The lowest BCUT2D eigenvalue weighted by Crippen LogP contribution is -2.01. The molecule has 7 heteroatoms. The molecule has 0 aromatic heterocycles. The molecule has 1 aromatic carbocycles. The predicted octanol–water partition coefficient (Wildman–Crippen LogP) is 1.57. The Morgan fingerprint density at radius 2 is 2.00 bits per heavy atom. The first-order valence-corrected chi connectivity index (χ1v) is 7.00. The van der Waals surface area contributed by atoms with Crippen LogP contribution in [0.2, 0.25) is 0 Å². The van der Waals surface area contributed by atoms with E-state index in [1.54, 1.807) is 31.4 Å². The third-order valence-corrected chi connectivity index (χ3v) is 3.34. The van der Waals surface area contributed by atoms with Crippen LogP contribution in [0.5, 0.6) is 5.75 Å². The molecule has 88 valence electrons. The Hall–Kier alpha value is -0.810. The van der Waals surface area contributed by atoms with Gasteiger partial charge >= 0.3 is 8.25 Å². The molecular formula is C9H12O5PS+. The van der Waals surface area contributed by atoms with E-state index in [1.165, 1.54) is 0 Å². The van der Waals surface area contributed by atoms with Gasteiger partial charge in [-0.2, -0.15) is 0 Å². The summed E-state index contributed by atoms with van der Waals surface area (Å²) in [5.41, 5.74) is 0.857. The monoisotopic (exact) mass is 263 g/mol. The van der Waals surface area contributed by atoms with Gasteiger partial charge in [0.25, 0.3) is 0 Å². The van der Waals surface area contributed by atoms with Gasteiger partial charge < -0.3 is 4.74 Å². The molecule has 0 heterocycles. The first kappa shape index (κ1) is 13.3. The molecule has 2 unspecified atom stereocenters. The van der Waals surface area contributed by atoms with Gasteiger partial charge in [-0.3, -0.25) is 4.21 Å². The number of rotatable bonds is 6. The van der Waals surface area contributed by atoms with Gasteiger partial charge in [0, 0.05) is 4.57 Å². The minimum Gasteiger partial charge on any atom is -0.497 e. The fraction of sp³-hybridized carbons (Fsp3) is 0.333. The summed E-state index contributed by atoms with van der Waals surface area (Å²) in [5, 5.41) is 0. The number of ether oxygens (including phenoxy) is 1. The molecule has 0 spiro atoms. The highest BCUT2D eigenvalue weighted by molar-refractivity contribution is 7.84. The summed E-state index contributed by atoms with van der Waals surface area (Å²) in [7, 11) is -2.42. The highest BCUT2D eigenvalue weighted by Crippen LogP contribution is 2.16. The van der Waals surface area contributed by atoms with Crippen LogP contribution < -0.4 is 4.74 Å². The molecular weight excluding hydrogens is 251 g/mol. The summed E-state index contributed by atoms with van der Waals surface area (Å²) in [6, 6.07) is 7.10. The van der Waals surface area contributed by atoms with E-state index in [9.17, 15) is 8.77 Å². The van der Waals surface area contributed by atoms with E-state index in [1.807, 2.05) is 0 Å². The average molecular weight is 263 g/mol. The van der Waals surface area contributed by atoms with Crippen LogP contribution in [0, 0.1) is 0 Å². The molecule has 1 rings (SSSR count). The van der Waals surface area contributed by atoms with Gasteiger partial charge in [-0.15, -0.1) is 9.42 Å². The van der Waals surface area contributed by atoms with Gasteiger partial charge in [-0.25, -0.2) is 0 Å². The highest BCUT2D eigenvalue weighted by atomic mass is 32.2. The molecule has 0 radical (unpaired) electrons. The van der Waals surface area contributed by atoms with Crippen molar-refractivity contribution in [2.75, 3.05) is 13.0 Å². The minimum atomic E-state index is -2.68. The molecule has 0 saturated heterocycles. The minimum absolute atomic E-state index is 0.238. The number of benzene rings is 1. The van der Waals surface area contributed by atoms with E-state index < -0.39 is 19.1 Å². The van der Waals surface area contributed by atoms with Crippen LogP contribution in [0.1, 0.15) is 5.56 Å². The fourth-order valence-electron chi connectivity index (χ4n) is 1.05. The zero-order valence-corrected chi connectivity index (χ0v) is 10.4. The van der Waals surface area contributed by atoms with Crippen LogP contribution in [0.4, 0.5) is 0 Å². The summed E-state index contributed by atoms with van der Waals surface area (Å²) < 4.78 is 30.9. The lowest BCUT2D eigenvalue weighted by molar-refractivity contribution is 0.327. The van der Waals surface area contributed by atoms with Gasteiger partial charge in [0.05, 0.1) is 23.7 Å². The Balaban J connectivity index is 2.46. The van der Waals surface area contributed by atoms with Crippen molar-refractivity contribution in [2.45, 2.75) is 5.75 Å². The van der Waals surface area contributed by atoms with Gasteiger partial charge in [-0.1, -0.05) is 12.1 Å². The molecule has 16 heavy (non-hydrogen) atoms. The van der Waals surface area contributed by atoms with Crippen molar-refractivity contribution in [1.82, 2.24) is 0 Å². The third-order valence-electron chi connectivity index (χ3n) is 1.78. The Morgan fingerprint density at radius 3 is 2.50 bits per heavy atom. The third kappa shape index (κ3) is 4.81. The van der Waals surface area contributed by atoms with Gasteiger partial charge in [0.15, 0.2) is 5.94 Å². The second-order valence-electron chi connectivity index (χ2n) is 2.92. The van der Waals surface area contributed by atoms with Crippen LogP contribution in [-0.2, 0) is 25.6 Å². The zero-order valence-electron chi connectivity index (χ0n) is 8.66. The van der Waals surface area contributed by atoms with E-state index in [0.717, 1.165) is 11.3 Å². The van der Waals surface area contributed by atoms with Crippen molar-refractivity contribution in [3.63, 3.8) is 0 Å². The Morgan fingerprint density at radius 1 is 1.38 bits per heavy atom. The van der Waals surface area contributed by atoms with E-state index in [2.05, 4.69) is 4.52 Å². The molecule has 0 aliphatic heterocycles. The van der Waals surface area contributed by atoms with E-state index >= 15 is 0 Å². The van der Waals surface area contributed by atoms with Crippen LogP contribution in [-0.4, -0.2) is 22.2 Å². The Bertz CT molecular complexity index is 378. The maximum Gasteiger partial charge on any atom is 0.695 e. The summed E-state index contributed by atoms with van der Waals surface area (Å²) in [5.74, 6) is 0.773. The lowest BCUT2D eigenvalue weighted by Gasteiger charge is -2.01. The average Bonchev–Trinajstić information content (AvgIpc) is 2.27. The molecule has 0 fully saturated rings. The standard InChI is InChI=1S/C9H11O5PS/c1-13-9-4-2-8(3-5-9)6-16(12)7-14-15(10)11/h2-5H,6-7H2,1H3/p+1. The number of hydrogen-bond acceptors (Lipinski definition) is 4. The molecule has 0 saturated carbocycles. The summed E-state index contributed by atoms with van der Waals surface area (Å²) in [6.07, 6.45) is 0. The molecule has 0 aliphatic carbocycles. The zero-order chi connectivity index (χ0) is 12.0. The van der Waals surface area contributed by atoms with Crippen LogP contribution >= 0.6 is 8.25 Å². The molecule has 0 amide bonds. The van der Waals surface area contributed by atoms with E-state index in [4.69, 9.17) is 9.63 Å². The van der Waals surface area contributed by atoms with Gasteiger partial charge in [0.2, 0.25) is 0 Å².